The second-order valence-electron chi connectivity index (χ2n) is 5.32. The molecule has 18 heavy (non-hydrogen) atoms. The lowest BCUT2D eigenvalue weighted by molar-refractivity contribution is 0.320. The van der Waals surface area contributed by atoms with Crippen LogP contribution >= 0.6 is 0 Å². The lowest BCUT2D eigenvalue weighted by Gasteiger charge is -2.31. The molecule has 0 aliphatic rings. The van der Waals surface area contributed by atoms with Crippen molar-refractivity contribution in [2.24, 2.45) is 11.1 Å². The third-order valence-electron chi connectivity index (χ3n) is 2.73. The van der Waals surface area contributed by atoms with Crippen LogP contribution in [0.5, 0.6) is 5.88 Å². The molecule has 1 aromatic heterocycles. The van der Waals surface area contributed by atoms with Gasteiger partial charge in [-0.2, -0.15) is 4.98 Å². The molecule has 3 N–H and O–H groups in total. The van der Waals surface area contributed by atoms with Gasteiger partial charge in [-0.15, -0.1) is 0 Å². The van der Waals surface area contributed by atoms with Gasteiger partial charge in [0.2, 0.25) is 5.88 Å². The van der Waals surface area contributed by atoms with Crippen molar-refractivity contribution in [3.8, 4) is 5.88 Å². The van der Waals surface area contributed by atoms with Crippen LogP contribution < -0.4 is 15.8 Å². The number of anilines is 1. The number of hydrogen-bond donors (Lipinski definition) is 2. The molecule has 0 aromatic carbocycles. The van der Waals surface area contributed by atoms with Gasteiger partial charge < -0.3 is 15.8 Å². The zero-order chi connectivity index (χ0) is 13.6. The van der Waals surface area contributed by atoms with Crippen molar-refractivity contribution in [3.63, 3.8) is 0 Å². The van der Waals surface area contributed by atoms with E-state index in [1.54, 1.807) is 12.4 Å². The maximum Gasteiger partial charge on any atom is 0.234 e. The van der Waals surface area contributed by atoms with Crippen LogP contribution in [0, 0.1) is 5.41 Å². The Hall–Kier alpha value is -1.36. The first-order valence-electron chi connectivity index (χ1n) is 6.38. The molecule has 0 amide bonds. The molecule has 0 radical (unpaired) electrons. The zero-order valence-corrected chi connectivity index (χ0v) is 11.7. The minimum Gasteiger partial charge on any atom is -0.477 e. The number of aromatic nitrogens is 2. The summed E-state index contributed by atoms with van der Waals surface area (Å²) in [4.78, 5) is 8.48. The minimum atomic E-state index is 0.114. The molecule has 0 spiro atoms. The normalized spacial score (nSPS) is 13.2. The van der Waals surface area contributed by atoms with Crippen molar-refractivity contribution in [1.29, 1.82) is 0 Å². The van der Waals surface area contributed by atoms with Crippen LogP contribution in [0.25, 0.3) is 0 Å². The zero-order valence-electron chi connectivity index (χ0n) is 11.7. The van der Waals surface area contributed by atoms with Crippen molar-refractivity contribution in [2.45, 2.75) is 40.2 Å². The summed E-state index contributed by atoms with van der Waals surface area (Å²) in [7, 11) is 0. The molecule has 0 saturated heterocycles. The fourth-order valence-electron chi connectivity index (χ4n) is 1.70. The molecule has 0 fully saturated rings. The number of rotatable bonds is 6. The molecule has 102 valence electrons. The highest BCUT2D eigenvalue weighted by atomic mass is 16.5. The van der Waals surface area contributed by atoms with Crippen LogP contribution in [0.3, 0.4) is 0 Å². The van der Waals surface area contributed by atoms with Crippen molar-refractivity contribution in [2.75, 3.05) is 18.5 Å². The Labute approximate surface area is 109 Å². The van der Waals surface area contributed by atoms with Gasteiger partial charge in [-0.3, -0.25) is 4.98 Å². The van der Waals surface area contributed by atoms with E-state index in [-0.39, 0.29) is 11.5 Å². The van der Waals surface area contributed by atoms with Gasteiger partial charge in [0.05, 0.1) is 19.0 Å². The van der Waals surface area contributed by atoms with E-state index in [0.29, 0.717) is 19.0 Å². The lowest BCUT2D eigenvalue weighted by atomic mass is 9.85. The summed E-state index contributed by atoms with van der Waals surface area (Å²) in [6, 6.07) is 0.258. The van der Waals surface area contributed by atoms with Gasteiger partial charge in [-0.05, 0) is 25.3 Å². The quantitative estimate of drug-likeness (QED) is 0.810. The van der Waals surface area contributed by atoms with Crippen molar-refractivity contribution in [1.82, 2.24) is 9.97 Å². The molecule has 5 heteroatoms. The second-order valence-corrected chi connectivity index (χ2v) is 5.32. The Balaban J connectivity index is 2.77. The third kappa shape index (κ3) is 4.49. The highest BCUT2D eigenvalue weighted by Crippen LogP contribution is 2.24. The molecule has 1 heterocycles. The van der Waals surface area contributed by atoms with E-state index in [0.717, 1.165) is 12.2 Å². The summed E-state index contributed by atoms with van der Waals surface area (Å²) in [6.07, 6.45) is 4.21. The molecule has 0 aliphatic carbocycles. The van der Waals surface area contributed by atoms with E-state index in [2.05, 4.69) is 36.1 Å². The van der Waals surface area contributed by atoms with Gasteiger partial charge in [-0.1, -0.05) is 20.8 Å². The maximum absolute atomic E-state index is 5.66. The molecule has 1 aromatic rings. The van der Waals surface area contributed by atoms with Gasteiger partial charge >= 0.3 is 0 Å². The fourth-order valence-corrected chi connectivity index (χ4v) is 1.70. The summed E-state index contributed by atoms with van der Waals surface area (Å²) in [6.45, 7) is 9.70. The number of ether oxygens (including phenoxy) is 1. The van der Waals surface area contributed by atoms with Crippen LogP contribution in [0.2, 0.25) is 0 Å². The van der Waals surface area contributed by atoms with E-state index in [1.165, 1.54) is 0 Å². The average molecular weight is 252 g/mol. The highest BCUT2D eigenvalue weighted by Gasteiger charge is 2.24. The van der Waals surface area contributed by atoms with Crippen molar-refractivity contribution in [3.05, 3.63) is 12.4 Å². The molecule has 1 atom stereocenters. The Bertz CT molecular complexity index is 362. The summed E-state index contributed by atoms with van der Waals surface area (Å²) in [5.74, 6) is 1.28. The second kappa shape index (κ2) is 6.54. The Kier molecular flexibility index (Phi) is 5.34. The highest BCUT2D eigenvalue weighted by molar-refractivity contribution is 5.35. The SMILES string of the molecule is CCOc1cncc(NC(CCN)C(C)(C)C)n1. The van der Waals surface area contributed by atoms with E-state index < -0.39 is 0 Å². The fraction of sp³-hybridized carbons (Fsp3) is 0.692. The Morgan fingerprint density at radius 2 is 2.11 bits per heavy atom. The third-order valence-corrected chi connectivity index (χ3v) is 2.73. The predicted molar refractivity (Wildman–Crippen MR) is 73.7 cm³/mol. The molecule has 5 nitrogen and oxygen atoms in total. The molecule has 0 saturated carbocycles. The maximum atomic E-state index is 5.66. The first-order valence-corrected chi connectivity index (χ1v) is 6.38. The number of nitrogens with two attached hydrogens (primary N) is 1. The first-order chi connectivity index (χ1) is 8.47. The van der Waals surface area contributed by atoms with Crippen LogP contribution in [0.4, 0.5) is 5.82 Å². The molecule has 1 unspecified atom stereocenters. The summed E-state index contributed by atoms with van der Waals surface area (Å²) < 4.78 is 5.34. The van der Waals surface area contributed by atoms with Gasteiger partial charge in [0.25, 0.3) is 0 Å². The van der Waals surface area contributed by atoms with Gasteiger partial charge in [0.1, 0.15) is 5.82 Å². The smallest absolute Gasteiger partial charge is 0.234 e. The van der Waals surface area contributed by atoms with Crippen LogP contribution in [-0.2, 0) is 0 Å². The van der Waals surface area contributed by atoms with Gasteiger partial charge in [-0.25, -0.2) is 0 Å². The standard InChI is InChI=1S/C13H24N4O/c1-5-18-12-9-15-8-11(17-12)16-10(6-7-14)13(2,3)4/h8-10H,5-7,14H2,1-4H3,(H,16,17). The molecular weight excluding hydrogens is 228 g/mol. The van der Waals surface area contributed by atoms with E-state index >= 15 is 0 Å². The average Bonchev–Trinajstić information content (AvgIpc) is 2.28. The lowest BCUT2D eigenvalue weighted by Crippen LogP contribution is -2.36. The number of nitrogens with zero attached hydrogens (tertiary/aromatic N) is 2. The van der Waals surface area contributed by atoms with Crippen LogP contribution in [0.1, 0.15) is 34.1 Å². The van der Waals surface area contributed by atoms with Crippen molar-refractivity contribution < 1.29 is 4.74 Å². The Morgan fingerprint density at radius 3 is 2.67 bits per heavy atom. The van der Waals surface area contributed by atoms with E-state index in [9.17, 15) is 0 Å². The van der Waals surface area contributed by atoms with E-state index in [4.69, 9.17) is 10.5 Å². The summed E-state index contributed by atoms with van der Waals surface area (Å²) in [5.41, 5.74) is 5.77. The van der Waals surface area contributed by atoms with E-state index in [1.807, 2.05) is 6.92 Å². The molecule has 0 bridgehead atoms. The van der Waals surface area contributed by atoms with Crippen LogP contribution in [0.15, 0.2) is 12.4 Å². The van der Waals surface area contributed by atoms with Crippen molar-refractivity contribution >= 4 is 5.82 Å². The topological polar surface area (TPSA) is 73.1 Å². The van der Waals surface area contributed by atoms with Gasteiger partial charge in [0.15, 0.2) is 0 Å². The molecule has 0 aliphatic heterocycles. The van der Waals surface area contributed by atoms with Gasteiger partial charge in [0, 0.05) is 6.04 Å². The predicted octanol–water partition coefficient (Wildman–Crippen LogP) is 2.05. The first kappa shape index (κ1) is 14.7. The largest absolute Gasteiger partial charge is 0.477 e. The minimum absolute atomic E-state index is 0.114. The van der Waals surface area contributed by atoms with Crippen LogP contribution in [-0.4, -0.2) is 29.2 Å². The number of nitrogens with one attached hydrogen (secondary N) is 1. The number of hydrogen-bond acceptors (Lipinski definition) is 5. The summed E-state index contributed by atoms with van der Waals surface area (Å²) >= 11 is 0. The Morgan fingerprint density at radius 1 is 1.39 bits per heavy atom. The molecular formula is C13H24N4O. The molecule has 1 rings (SSSR count). The summed E-state index contributed by atoms with van der Waals surface area (Å²) in [5, 5.41) is 3.39. The monoisotopic (exact) mass is 252 g/mol.